The molecule has 0 aliphatic heterocycles. The summed E-state index contributed by atoms with van der Waals surface area (Å²) in [5, 5.41) is 5.14. The van der Waals surface area contributed by atoms with Gasteiger partial charge in [-0.05, 0) is 18.1 Å². The molecular formula is C19H18N2OS2. The molecule has 2 aromatic carbocycles. The molecule has 1 aromatic heterocycles. The van der Waals surface area contributed by atoms with E-state index in [0.29, 0.717) is 5.75 Å². The Bertz CT molecular complexity index is 748. The number of nitrogens with zero attached hydrogens (tertiary/aromatic N) is 1. The minimum absolute atomic E-state index is 0.00515. The summed E-state index contributed by atoms with van der Waals surface area (Å²) >= 11 is 3.05. The van der Waals surface area contributed by atoms with Crippen LogP contribution in [0.4, 0.5) is 0 Å². The van der Waals surface area contributed by atoms with Crippen molar-refractivity contribution in [2.75, 3.05) is 5.75 Å². The van der Waals surface area contributed by atoms with Crippen LogP contribution in [0.5, 0.6) is 0 Å². The molecule has 24 heavy (non-hydrogen) atoms. The topological polar surface area (TPSA) is 42.0 Å². The zero-order valence-electron chi connectivity index (χ0n) is 13.3. The largest absolute Gasteiger partial charge is 0.344 e. The van der Waals surface area contributed by atoms with Gasteiger partial charge in [0, 0.05) is 11.1 Å². The molecule has 0 saturated carbocycles. The zero-order chi connectivity index (χ0) is 16.8. The molecular weight excluding hydrogens is 336 g/mol. The minimum atomic E-state index is -0.140. The first-order valence-corrected chi connectivity index (χ1v) is 9.53. The van der Waals surface area contributed by atoms with Gasteiger partial charge in [-0.25, -0.2) is 4.98 Å². The molecule has 0 unspecified atom stereocenters. The molecule has 1 heterocycles. The van der Waals surface area contributed by atoms with Crippen LogP contribution < -0.4 is 5.32 Å². The van der Waals surface area contributed by atoms with E-state index in [1.165, 1.54) is 11.8 Å². The Hall–Kier alpha value is -2.11. The van der Waals surface area contributed by atoms with E-state index in [9.17, 15) is 4.79 Å². The molecule has 1 N–H and O–H groups in total. The van der Waals surface area contributed by atoms with Gasteiger partial charge < -0.3 is 5.32 Å². The Kier molecular flexibility index (Phi) is 5.67. The summed E-state index contributed by atoms with van der Waals surface area (Å²) in [5.74, 6) is 0.369. The van der Waals surface area contributed by atoms with Gasteiger partial charge in [-0.3, -0.25) is 4.79 Å². The van der Waals surface area contributed by atoms with Crippen LogP contribution >= 0.6 is 23.1 Å². The molecule has 0 bridgehead atoms. The predicted octanol–water partition coefficient (Wildman–Crippen LogP) is 4.45. The lowest BCUT2D eigenvalue weighted by Crippen LogP contribution is -2.30. The summed E-state index contributed by atoms with van der Waals surface area (Å²) in [6.07, 6.45) is 0. The van der Waals surface area contributed by atoms with Gasteiger partial charge in [-0.1, -0.05) is 72.4 Å². The van der Waals surface area contributed by atoms with Crippen LogP contribution in [0.1, 0.15) is 22.9 Å². The molecule has 3 rings (SSSR count). The molecule has 0 saturated heterocycles. The lowest BCUT2D eigenvalue weighted by molar-refractivity contribution is -0.119. The van der Waals surface area contributed by atoms with Gasteiger partial charge in [0.25, 0.3) is 0 Å². The predicted molar refractivity (Wildman–Crippen MR) is 100 cm³/mol. The van der Waals surface area contributed by atoms with Crippen molar-refractivity contribution in [3.63, 3.8) is 0 Å². The third-order valence-electron chi connectivity index (χ3n) is 3.50. The van der Waals surface area contributed by atoms with Crippen LogP contribution in [-0.2, 0) is 4.79 Å². The van der Waals surface area contributed by atoms with Crippen molar-refractivity contribution in [3.8, 4) is 0 Å². The fourth-order valence-electron chi connectivity index (χ4n) is 2.38. The van der Waals surface area contributed by atoms with Crippen molar-refractivity contribution in [1.29, 1.82) is 0 Å². The number of thiazole rings is 1. The molecule has 0 atom stereocenters. The van der Waals surface area contributed by atoms with E-state index in [1.807, 2.05) is 73.0 Å². The summed E-state index contributed by atoms with van der Waals surface area (Å²) in [6, 6.07) is 19.9. The van der Waals surface area contributed by atoms with Crippen LogP contribution in [0.3, 0.4) is 0 Å². The van der Waals surface area contributed by atoms with Gasteiger partial charge in [0.1, 0.15) is 0 Å². The lowest BCUT2D eigenvalue weighted by Gasteiger charge is -2.19. The number of carbonyl (C=O) groups is 1. The second kappa shape index (κ2) is 8.13. The third-order valence-corrected chi connectivity index (χ3v) is 5.63. The van der Waals surface area contributed by atoms with E-state index in [1.54, 1.807) is 11.3 Å². The quantitative estimate of drug-likeness (QED) is 0.665. The van der Waals surface area contributed by atoms with E-state index in [4.69, 9.17) is 0 Å². The molecule has 0 radical (unpaired) electrons. The Morgan fingerprint density at radius 3 is 2.17 bits per heavy atom. The van der Waals surface area contributed by atoms with Crippen LogP contribution in [0, 0.1) is 6.92 Å². The molecule has 5 heteroatoms. The average molecular weight is 355 g/mol. The SMILES string of the molecule is Cc1csc(SCC(=O)NC(c2ccccc2)c2ccccc2)n1. The molecule has 122 valence electrons. The molecule has 0 aliphatic rings. The van der Waals surface area contributed by atoms with Gasteiger partial charge in [0.05, 0.1) is 11.8 Å². The average Bonchev–Trinajstić information content (AvgIpc) is 3.05. The Balaban J connectivity index is 1.71. The normalized spacial score (nSPS) is 10.8. The van der Waals surface area contributed by atoms with Gasteiger partial charge in [0.2, 0.25) is 5.91 Å². The van der Waals surface area contributed by atoms with E-state index < -0.39 is 0 Å². The van der Waals surface area contributed by atoms with Crippen LogP contribution in [0.2, 0.25) is 0 Å². The van der Waals surface area contributed by atoms with Crippen molar-refractivity contribution < 1.29 is 4.79 Å². The van der Waals surface area contributed by atoms with Crippen molar-refractivity contribution >= 4 is 29.0 Å². The summed E-state index contributed by atoms with van der Waals surface area (Å²) in [4.78, 5) is 16.8. The number of rotatable bonds is 6. The molecule has 3 nitrogen and oxygen atoms in total. The number of amides is 1. The highest BCUT2D eigenvalue weighted by atomic mass is 32.2. The highest BCUT2D eigenvalue weighted by Crippen LogP contribution is 2.24. The van der Waals surface area contributed by atoms with Gasteiger partial charge >= 0.3 is 0 Å². The minimum Gasteiger partial charge on any atom is -0.344 e. The highest BCUT2D eigenvalue weighted by Gasteiger charge is 2.16. The maximum atomic E-state index is 12.4. The van der Waals surface area contributed by atoms with E-state index in [2.05, 4.69) is 10.3 Å². The summed E-state index contributed by atoms with van der Waals surface area (Å²) in [5.41, 5.74) is 3.15. The molecule has 3 aromatic rings. The number of thioether (sulfide) groups is 1. The first kappa shape index (κ1) is 16.7. The van der Waals surface area contributed by atoms with Crippen LogP contribution in [0.25, 0.3) is 0 Å². The Labute approximate surface area is 150 Å². The third kappa shape index (κ3) is 4.46. The zero-order valence-corrected chi connectivity index (χ0v) is 14.9. The van der Waals surface area contributed by atoms with Gasteiger partial charge in [-0.15, -0.1) is 11.3 Å². The van der Waals surface area contributed by atoms with E-state index >= 15 is 0 Å². The van der Waals surface area contributed by atoms with Crippen molar-refractivity contribution in [2.45, 2.75) is 17.3 Å². The highest BCUT2D eigenvalue weighted by molar-refractivity contribution is 8.01. The van der Waals surface area contributed by atoms with E-state index in [-0.39, 0.29) is 11.9 Å². The van der Waals surface area contributed by atoms with Crippen molar-refractivity contribution in [1.82, 2.24) is 10.3 Å². The van der Waals surface area contributed by atoms with Crippen LogP contribution in [0.15, 0.2) is 70.4 Å². The standard InChI is InChI=1S/C19H18N2OS2/c1-14-12-23-19(20-14)24-13-17(22)21-18(15-8-4-2-5-9-15)16-10-6-3-7-11-16/h2-12,18H,13H2,1H3,(H,21,22). The van der Waals surface area contributed by atoms with Crippen LogP contribution in [-0.4, -0.2) is 16.6 Å². The maximum absolute atomic E-state index is 12.4. The van der Waals surface area contributed by atoms with Crippen molar-refractivity contribution in [2.24, 2.45) is 0 Å². The smallest absolute Gasteiger partial charge is 0.231 e. The lowest BCUT2D eigenvalue weighted by atomic mass is 9.99. The first-order valence-electron chi connectivity index (χ1n) is 7.66. The van der Waals surface area contributed by atoms with E-state index in [0.717, 1.165) is 21.2 Å². The number of benzene rings is 2. The monoisotopic (exact) mass is 354 g/mol. The molecule has 1 amide bonds. The molecule has 0 spiro atoms. The Morgan fingerprint density at radius 1 is 1.08 bits per heavy atom. The van der Waals surface area contributed by atoms with Gasteiger partial charge in [0.15, 0.2) is 4.34 Å². The number of carbonyl (C=O) groups excluding carboxylic acids is 1. The second-order valence-corrected chi connectivity index (χ2v) is 7.45. The summed E-state index contributed by atoms with van der Waals surface area (Å²) in [7, 11) is 0. The number of hydrogen-bond donors (Lipinski definition) is 1. The maximum Gasteiger partial charge on any atom is 0.231 e. The van der Waals surface area contributed by atoms with Crippen molar-refractivity contribution in [3.05, 3.63) is 82.9 Å². The number of aryl methyl sites for hydroxylation is 1. The summed E-state index contributed by atoms with van der Waals surface area (Å²) < 4.78 is 0.929. The second-order valence-electron chi connectivity index (χ2n) is 5.37. The Morgan fingerprint density at radius 2 is 1.67 bits per heavy atom. The fourth-order valence-corrected chi connectivity index (χ4v) is 4.04. The fraction of sp³-hybridized carbons (Fsp3) is 0.158. The molecule has 0 fully saturated rings. The summed E-state index contributed by atoms with van der Waals surface area (Å²) in [6.45, 7) is 1.96. The molecule has 0 aliphatic carbocycles. The first-order chi connectivity index (χ1) is 11.7. The number of aromatic nitrogens is 1. The number of hydrogen-bond acceptors (Lipinski definition) is 4. The number of nitrogens with one attached hydrogen (secondary N) is 1. The van der Waals surface area contributed by atoms with Gasteiger partial charge in [-0.2, -0.15) is 0 Å².